The van der Waals surface area contributed by atoms with Gasteiger partial charge in [0.1, 0.15) is 0 Å². The molecule has 2 atom stereocenters. The van der Waals surface area contributed by atoms with Gasteiger partial charge < -0.3 is 10.4 Å². The van der Waals surface area contributed by atoms with Gasteiger partial charge in [0.25, 0.3) is 0 Å². The third-order valence-corrected chi connectivity index (χ3v) is 2.64. The Hall–Kier alpha value is -1.00. The zero-order valence-electron chi connectivity index (χ0n) is 8.06. The van der Waals surface area contributed by atoms with E-state index in [1.807, 2.05) is 0 Å². The Labute approximate surface area is 83.4 Å². The Bertz CT molecular complexity index is 278. The normalized spacial score (nSPS) is 26.6. The molecule has 76 valence electrons. The van der Waals surface area contributed by atoms with Gasteiger partial charge in [0.05, 0.1) is 11.8 Å². The molecule has 0 radical (unpaired) electrons. The molecular formula is C10H15N3O. The lowest BCUT2D eigenvalue weighted by Gasteiger charge is -2.15. The molecular weight excluding hydrogens is 178 g/mol. The molecule has 1 aliphatic carbocycles. The lowest BCUT2D eigenvalue weighted by molar-refractivity contribution is 0.148. The van der Waals surface area contributed by atoms with Crippen molar-refractivity contribution in [3.63, 3.8) is 0 Å². The number of rotatable bonds is 3. The summed E-state index contributed by atoms with van der Waals surface area (Å²) in [6.45, 7) is 0.690. The second kappa shape index (κ2) is 4.48. The Morgan fingerprint density at radius 1 is 1.43 bits per heavy atom. The van der Waals surface area contributed by atoms with Crippen LogP contribution >= 0.6 is 0 Å². The molecule has 0 aliphatic heterocycles. The van der Waals surface area contributed by atoms with Gasteiger partial charge in [-0.15, -0.1) is 0 Å². The van der Waals surface area contributed by atoms with Crippen LogP contribution in [0.5, 0.6) is 0 Å². The predicted molar refractivity (Wildman–Crippen MR) is 52.5 cm³/mol. The highest BCUT2D eigenvalue weighted by Gasteiger charge is 2.24. The second-order valence-corrected chi connectivity index (χ2v) is 3.68. The van der Waals surface area contributed by atoms with E-state index in [0.29, 0.717) is 6.54 Å². The number of aliphatic hydroxyl groups excluding tert-OH is 1. The number of aliphatic hydroxyl groups is 1. The van der Waals surface area contributed by atoms with Crippen molar-refractivity contribution in [3.8, 4) is 0 Å². The topological polar surface area (TPSA) is 58.0 Å². The summed E-state index contributed by atoms with van der Waals surface area (Å²) in [4.78, 5) is 8.14. The van der Waals surface area contributed by atoms with Gasteiger partial charge in [-0.2, -0.15) is 0 Å². The lowest BCUT2D eigenvalue weighted by atomic mass is 10.2. The van der Waals surface area contributed by atoms with Crippen LogP contribution in [0.15, 0.2) is 18.6 Å². The molecule has 0 spiro atoms. The van der Waals surface area contributed by atoms with E-state index in [4.69, 9.17) is 0 Å². The number of aromatic nitrogens is 2. The summed E-state index contributed by atoms with van der Waals surface area (Å²) in [5.74, 6) is 0. The first-order chi connectivity index (χ1) is 6.86. The first-order valence-corrected chi connectivity index (χ1v) is 5.02. The highest BCUT2D eigenvalue weighted by atomic mass is 16.3. The zero-order valence-corrected chi connectivity index (χ0v) is 8.06. The van der Waals surface area contributed by atoms with Crippen LogP contribution in [0, 0.1) is 0 Å². The highest BCUT2D eigenvalue weighted by Crippen LogP contribution is 2.18. The molecule has 4 nitrogen and oxygen atoms in total. The summed E-state index contributed by atoms with van der Waals surface area (Å²) < 4.78 is 0. The molecule has 2 N–H and O–H groups in total. The van der Waals surface area contributed by atoms with E-state index in [-0.39, 0.29) is 12.1 Å². The minimum absolute atomic E-state index is 0.188. The largest absolute Gasteiger partial charge is 0.392 e. The third kappa shape index (κ3) is 2.27. The van der Waals surface area contributed by atoms with E-state index in [2.05, 4.69) is 15.3 Å². The van der Waals surface area contributed by atoms with Crippen molar-refractivity contribution in [2.24, 2.45) is 0 Å². The van der Waals surface area contributed by atoms with Crippen LogP contribution in [0.4, 0.5) is 0 Å². The maximum Gasteiger partial charge on any atom is 0.0724 e. The van der Waals surface area contributed by atoms with Gasteiger partial charge in [0.15, 0.2) is 0 Å². The fourth-order valence-electron chi connectivity index (χ4n) is 1.84. The molecule has 4 heteroatoms. The quantitative estimate of drug-likeness (QED) is 0.733. The van der Waals surface area contributed by atoms with Crippen LogP contribution in [0.3, 0.4) is 0 Å². The molecule has 1 heterocycles. The Balaban J connectivity index is 1.82. The first kappa shape index (κ1) is 9.55. The summed E-state index contributed by atoms with van der Waals surface area (Å²) in [7, 11) is 0. The van der Waals surface area contributed by atoms with E-state index < -0.39 is 0 Å². The predicted octanol–water partition coefficient (Wildman–Crippen LogP) is 0.480. The van der Waals surface area contributed by atoms with Crippen LogP contribution in [0.2, 0.25) is 0 Å². The Kier molecular flexibility index (Phi) is 3.06. The van der Waals surface area contributed by atoms with Gasteiger partial charge in [0, 0.05) is 31.2 Å². The summed E-state index contributed by atoms with van der Waals surface area (Å²) in [6, 6.07) is 0.233. The van der Waals surface area contributed by atoms with Crippen LogP contribution in [0.1, 0.15) is 25.0 Å². The van der Waals surface area contributed by atoms with Gasteiger partial charge in [-0.25, -0.2) is 0 Å². The van der Waals surface area contributed by atoms with E-state index in [1.165, 1.54) is 0 Å². The van der Waals surface area contributed by atoms with Crippen molar-refractivity contribution in [2.45, 2.75) is 38.0 Å². The standard InChI is InChI=1S/C10H15N3O/c14-10-3-1-2-9(10)13-7-8-6-11-4-5-12-8/h4-6,9-10,13-14H,1-3,7H2. The summed E-state index contributed by atoms with van der Waals surface area (Å²) >= 11 is 0. The van der Waals surface area contributed by atoms with E-state index in [1.54, 1.807) is 18.6 Å². The summed E-state index contributed by atoms with van der Waals surface area (Å²) in [5, 5.41) is 12.9. The van der Waals surface area contributed by atoms with Gasteiger partial charge in [-0.1, -0.05) is 0 Å². The van der Waals surface area contributed by atoms with Crippen LogP contribution in [-0.2, 0) is 6.54 Å². The molecule has 1 fully saturated rings. The van der Waals surface area contributed by atoms with Gasteiger partial charge in [-0.3, -0.25) is 9.97 Å². The van der Waals surface area contributed by atoms with E-state index >= 15 is 0 Å². The van der Waals surface area contributed by atoms with Crippen molar-refractivity contribution in [1.82, 2.24) is 15.3 Å². The highest BCUT2D eigenvalue weighted by molar-refractivity contribution is 4.95. The van der Waals surface area contributed by atoms with Crippen LogP contribution in [-0.4, -0.2) is 27.2 Å². The molecule has 0 aromatic carbocycles. The van der Waals surface area contributed by atoms with Crippen molar-refractivity contribution in [3.05, 3.63) is 24.3 Å². The maximum absolute atomic E-state index is 9.57. The first-order valence-electron chi connectivity index (χ1n) is 5.02. The molecule has 2 rings (SSSR count). The maximum atomic E-state index is 9.57. The van der Waals surface area contributed by atoms with Crippen molar-refractivity contribution >= 4 is 0 Å². The monoisotopic (exact) mass is 193 g/mol. The minimum Gasteiger partial charge on any atom is -0.392 e. The number of hydrogen-bond acceptors (Lipinski definition) is 4. The Morgan fingerprint density at radius 2 is 2.36 bits per heavy atom. The second-order valence-electron chi connectivity index (χ2n) is 3.68. The fraction of sp³-hybridized carbons (Fsp3) is 0.600. The average Bonchev–Trinajstić information content (AvgIpc) is 2.63. The van der Waals surface area contributed by atoms with Crippen molar-refractivity contribution in [2.75, 3.05) is 0 Å². The molecule has 1 aromatic rings. The average molecular weight is 193 g/mol. The lowest BCUT2D eigenvalue weighted by Crippen LogP contribution is -2.35. The van der Waals surface area contributed by atoms with Crippen molar-refractivity contribution in [1.29, 1.82) is 0 Å². The number of hydrogen-bond donors (Lipinski definition) is 2. The van der Waals surface area contributed by atoms with Gasteiger partial charge >= 0.3 is 0 Å². The molecule has 0 bridgehead atoms. The molecule has 2 unspecified atom stereocenters. The number of nitrogens with one attached hydrogen (secondary N) is 1. The smallest absolute Gasteiger partial charge is 0.0724 e. The minimum atomic E-state index is -0.188. The van der Waals surface area contributed by atoms with Crippen LogP contribution in [0.25, 0.3) is 0 Å². The van der Waals surface area contributed by atoms with Gasteiger partial charge in [0.2, 0.25) is 0 Å². The number of nitrogens with zero attached hydrogens (tertiary/aromatic N) is 2. The molecule has 1 aromatic heterocycles. The zero-order chi connectivity index (χ0) is 9.80. The molecule has 0 saturated heterocycles. The summed E-state index contributed by atoms with van der Waals surface area (Å²) in [5.41, 5.74) is 0.923. The third-order valence-electron chi connectivity index (χ3n) is 2.64. The van der Waals surface area contributed by atoms with Gasteiger partial charge in [-0.05, 0) is 19.3 Å². The SMILES string of the molecule is OC1CCCC1NCc1cnccn1. The molecule has 1 saturated carbocycles. The fourth-order valence-corrected chi connectivity index (χ4v) is 1.84. The molecule has 1 aliphatic rings. The van der Waals surface area contributed by atoms with E-state index in [9.17, 15) is 5.11 Å². The van der Waals surface area contributed by atoms with E-state index in [0.717, 1.165) is 25.0 Å². The molecule has 0 amide bonds. The Morgan fingerprint density at radius 3 is 3.00 bits per heavy atom. The summed E-state index contributed by atoms with van der Waals surface area (Å²) in [6.07, 6.45) is 7.98. The molecule has 14 heavy (non-hydrogen) atoms. The van der Waals surface area contributed by atoms with Crippen molar-refractivity contribution < 1.29 is 5.11 Å². The van der Waals surface area contributed by atoms with Crippen LogP contribution < -0.4 is 5.32 Å².